The number of carboxylic acid groups (broad SMARTS) is 2. The van der Waals surface area contributed by atoms with Gasteiger partial charge in [-0.3, -0.25) is 14.6 Å². The number of nitrogens with two attached hydrogens (primary N) is 3. The number of hydrogen-bond donors (Lipinski definition) is 6. The van der Waals surface area contributed by atoms with E-state index in [0.717, 1.165) is 6.92 Å². The van der Waals surface area contributed by atoms with Crippen LogP contribution in [0.25, 0.3) is 0 Å². The van der Waals surface area contributed by atoms with Crippen LogP contribution in [0.1, 0.15) is 40.0 Å². The summed E-state index contributed by atoms with van der Waals surface area (Å²) in [7, 11) is 0. The van der Waals surface area contributed by atoms with Crippen LogP contribution in [-0.4, -0.2) is 52.6 Å². The molecule has 0 fully saturated rings. The Morgan fingerprint density at radius 1 is 1.17 bits per heavy atom. The lowest BCUT2D eigenvalue weighted by Gasteiger charge is -2.19. The Bertz CT molecular complexity index is 431. The zero-order valence-corrected chi connectivity index (χ0v) is 14.4. The highest BCUT2D eigenvalue weighted by Crippen LogP contribution is 2.06. The molecule has 0 aliphatic carbocycles. The van der Waals surface area contributed by atoms with Crippen LogP contribution in [0.2, 0.25) is 0 Å². The summed E-state index contributed by atoms with van der Waals surface area (Å²) >= 11 is 0. The van der Waals surface area contributed by atoms with Crippen molar-refractivity contribution in [1.82, 2.24) is 5.32 Å². The monoisotopic (exact) mass is 347 g/mol. The molecule has 0 aromatic heterocycles. The third kappa shape index (κ3) is 16.0. The van der Waals surface area contributed by atoms with Crippen molar-refractivity contribution in [2.75, 3.05) is 6.54 Å². The van der Waals surface area contributed by atoms with Crippen LogP contribution in [0.3, 0.4) is 0 Å². The summed E-state index contributed by atoms with van der Waals surface area (Å²) < 4.78 is 0. The van der Waals surface area contributed by atoms with Gasteiger partial charge in [0.15, 0.2) is 5.96 Å². The lowest BCUT2D eigenvalue weighted by atomic mass is 10.0. The van der Waals surface area contributed by atoms with Crippen molar-refractivity contribution in [2.45, 2.75) is 52.1 Å². The molecule has 0 rings (SSSR count). The van der Waals surface area contributed by atoms with E-state index >= 15 is 0 Å². The number of guanidine groups is 1. The Balaban J connectivity index is 0. The van der Waals surface area contributed by atoms with E-state index in [9.17, 15) is 9.59 Å². The average Bonchev–Trinajstić information content (AvgIpc) is 2.40. The van der Waals surface area contributed by atoms with Gasteiger partial charge in [0, 0.05) is 13.5 Å². The summed E-state index contributed by atoms with van der Waals surface area (Å²) in [4.78, 5) is 35.6. The fraction of sp³-hybridized carbons (Fsp3) is 0.714. The van der Waals surface area contributed by atoms with E-state index in [1.165, 1.54) is 0 Å². The number of hydrogen-bond acceptors (Lipinski definition) is 5. The van der Waals surface area contributed by atoms with Gasteiger partial charge in [-0.15, -0.1) is 0 Å². The molecule has 10 heteroatoms. The number of amides is 1. The molecule has 1 amide bonds. The molecule has 0 saturated heterocycles. The van der Waals surface area contributed by atoms with Crippen LogP contribution >= 0.6 is 0 Å². The molecule has 0 saturated carbocycles. The Hall–Kier alpha value is -2.36. The number of carbonyl (C=O) groups is 3. The summed E-state index contributed by atoms with van der Waals surface area (Å²) in [5, 5.41) is 18.9. The van der Waals surface area contributed by atoms with E-state index in [1.807, 2.05) is 13.8 Å². The number of nitrogens with zero attached hydrogens (tertiary/aromatic N) is 1. The van der Waals surface area contributed by atoms with Crippen LogP contribution in [0.5, 0.6) is 0 Å². The Morgan fingerprint density at radius 2 is 1.67 bits per heavy atom. The number of carboxylic acids is 2. The van der Waals surface area contributed by atoms with Crippen LogP contribution in [0.15, 0.2) is 4.99 Å². The molecule has 10 nitrogen and oxygen atoms in total. The summed E-state index contributed by atoms with van der Waals surface area (Å²) in [6.07, 6.45) is 1.30. The largest absolute Gasteiger partial charge is 0.481 e. The van der Waals surface area contributed by atoms with Crippen molar-refractivity contribution in [3.8, 4) is 0 Å². The zero-order valence-electron chi connectivity index (χ0n) is 14.4. The van der Waals surface area contributed by atoms with Gasteiger partial charge >= 0.3 is 5.97 Å². The lowest BCUT2D eigenvalue weighted by Crippen LogP contribution is -2.48. The van der Waals surface area contributed by atoms with Gasteiger partial charge in [-0.05, 0) is 25.2 Å². The molecule has 2 unspecified atom stereocenters. The highest BCUT2D eigenvalue weighted by atomic mass is 16.4. The fourth-order valence-electron chi connectivity index (χ4n) is 1.62. The first-order valence-electron chi connectivity index (χ1n) is 7.51. The van der Waals surface area contributed by atoms with Crippen LogP contribution in [0, 0.1) is 5.92 Å². The van der Waals surface area contributed by atoms with Gasteiger partial charge in [0.25, 0.3) is 5.97 Å². The molecule has 140 valence electrons. The molecule has 24 heavy (non-hydrogen) atoms. The van der Waals surface area contributed by atoms with Crippen molar-refractivity contribution < 1.29 is 24.6 Å². The predicted octanol–water partition coefficient (Wildman–Crippen LogP) is -0.926. The van der Waals surface area contributed by atoms with Crippen molar-refractivity contribution in [2.24, 2.45) is 28.1 Å². The van der Waals surface area contributed by atoms with Gasteiger partial charge in [-0.1, -0.05) is 13.8 Å². The third-order valence-electron chi connectivity index (χ3n) is 2.63. The molecule has 0 radical (unpaired) electrons. The van der Waals surface area contributed by atoms with Gasteiger partial charge < -0.3 is 32.7 Å². The van der Waals surface area contributed by atoms with E-state index in [1.54, 1.807) is 0 Å². The minimum Gasteiger partial charge on any atom is -0.481 e. The first-order valence-corrected chi connectivity index (χ1v) is 7.51. The highest BCUT2D eigenvalue weighted by molar-refractivity contribution is 5.86. The minimum atomic E-state index is -1.06. The molecule has 9 N–H and O–H groups in total. The van der Waals surface area contributed by atoms with E-state index in [4.69, 9.17) is 32.2 Å². The van der Waals surface area contributed by atoms with E-state index in [0.29, 0.717) is 25.8 Å². The van der Waals surface area contributed by atoms with E-state index < -0.39 is 29.9 Å². The zero-order chi connectivity index (χ0) is 19.3. The molecule has 0 spiro atoms. The van der Waals surface area contributed by atoms with Gasteiger partial charge in [0.1, 0.15) is 6.04 Å². The first-order chi connectivity index (χ1) is 11.0. The molecule has 2 atom stereocenters. The summed E-state index contributed by atoms with van der Waals surface area (Å²) in [5.41, 5.74) is 16.0. The normalized spacial score (nSPS) is 12.4. The molecule has 0 heterocycles. The summed E-state index contributed by atoms with van der Waals surface area (Å²) in [6.45, 7) is 5.24. The highest BCUT2D eigenvalue weighted by Gasteiger charge is 2.23. The second kappa shape index (κ2) is 13.1. The minimum absolute atomic E-state index is 0.00843. The van der Waals surface area contributed by atoms with Crippen molar-refractivity contribution in [3.63, 3.8) is 0 Å². The van der Waals surface area contributed by atoms with Gasteiger partial charge in [-0.25, -0.2) is 4.79 Å². The fourth-order valence-corrected chi connectivity index (χ4v) is 1.62. The van der Waals surface area contributed by atoms with E-state index in [2.05, 4.69) is 10.3 Å². The second-order valence-electron chi connectivity index (χ2n) is 5.60. The molecular weight excluding hydrogens is 318 g/mol. The predicted molar refractivity (Wildman–Crippen MR) is 90.2 cm³/mol. The SMILES string of the molecule is CC(=O)O.CC(C)CC(NC(=O)C(N)CCCN=C(N)N)C(=O)O. The van der Waals surface area contributed by atoms with Gasteiger partial charge in [0.05, 0.1) is 6.04 Å². The summed E-state index contributed by atoms with van der Waals surface area (Å²) in [6, 6.07) is -1.68. The first kappa shape index (κ1) is 23.9. The lowest BCUT2D eigenvalue weighted by molar-refractivity contribution is -0.142. The maximum atomic E-state index is 11.8. The quantitative estimate of drug-likeness (QED) is 0.175. The molecule has 0 bridgehead atoms. The standard InChI is InChI=1S/C12H25N5O3.C2H4O2/c1-7(2)6-9(11(19)20)17-10(18)8(13)4-3-5-16-12(14)15;1-2(3)4/h7-9H,3-6,13H2,1-2H3,(H,17,18)(H,19,20)(H4,14,15,16);1H3,(H,3,4). The van der Waals surface area contributed by atoms with Crippen LogP contribution in [-0.2, 0) is 14.4 Å². The molecule has 0 aliphatic heterocycles. The third-order valence-corrected chi connectivity index (χ3v) is 2.63. The van der Waals surface area contributed by atoms with Gasteiger partial charge in [-0.2, -0.15) is 0 Å². The number of aliphatic imine (C=N–C) groups is 1. The molecule has 0 aromatic carbocycles. The molecular formula is C14H29N5O5. The summed E-state index contributed by atoms with van der Waals surface area (Å²) in [5.74, 6) is -2.21. The van der Waals surface area contributed by atoms with Crippen LogP contribution in [0.4, 0.5) is 0 Å². The second-order valence-corrected chi connectivity index (χ2v) is 5.60. The number of rotatable bonds is 9. The number of nitrogens with one attached hydrogen (secondary N) is 1. The van der Waals surface area contributed by atoms with Crippen molar-refractivity contribution >= 4 is 23.8 Å². The number of carbonyl (C=O) groups excluding carboxylic acids is 1. The molecule has 0 aliphatic rings. The Kier molecular flexibility index (Phi) is 13.1. The average molecular weight is 347 g/mol. The van der Waals surface area contributed by atoms with Crippen LogP contribution < -0.4 is 22.5 Å². The van der Waals surface area contributed by atoms with E-state index in [-0.39, 0.29) is 11.9 Å². The Labute approximate surface area is 141 Å². The van der Waals surface area contributed by atoms with Crippen molar-refractivity contribution in [3.05, 3.63) is 0 Å². The maximum absolute atomic E-state index is 11.8. The Morgan fingerprint density at radius 3 is 2.04 bits per heavy atom. The topological polar surface area (TPSA) is 194 Å². The smallest absolute Gasteiger partial charge is 0.326 e. The molecule has 0 aromatic rings. The maximum Gasteiger partial charge on any atom is 0.326 e. The van der Waals surface area contributed by atoms with Gasteiger partial charge in [0.2, 0.25) is 5.91 Å². The van der Waals surface area contributed by atoms with Crippen molar-refractivity contribution in [1.29, 1.82) is 0 Å². The number of aliphatic carboxylic acids is 2.